The molecule has 1 aliphatic rings. The van der Waals surface area contributed by atoms with Gasteiger partial charge >= 0.3 is 0 Å². The maximum atomic E-state index is 12.8. The van der Waals surface area contributed by atoms with E-state index in [9.17, 15) is 13.2 Å². The van der Waals surface area contributed by atoms with E-state index in [1.54, 1.807) is 36.3 Å². The van der Waals surface area contributed by atoms with Gasteiger partial charge in [0.1, 0.15) is 0 Å². The molecular weight excluding hydrogens is 436 g/mol. The third-order valence-corrected chi connectivity index (χ3v) is 8.14. The van der Waals surface area contributed by atoms with Crippen LogP contribution in [0, 0.1) is 0 Å². The zero-order chi connectivity index (χ0) is 22.3. The number of hydrogen-bond donors (Lipinski definition) is 0. The molecule has 31 heavy (non-hydrogen) atoms. The first-order valence-electron chi connectivity index (χ1n) is 9.99. The van der Waals surface area contributed by atoms with E-state index in [2.05, 4.69) is 9.88 Å². The molecule has 0 amide bonds. The Morgan fingerprint density at radius 3 is 2.68 bits per heavy atom. The smallest absolute Gasteiger partial charge is 0.259 e. The third kappa shape index (κ3) is 4.38. The van der Waals surface area contributed by atoms with Crippen LogP contribution in [0.1, 0.15) is 11.8 Å². The first-order chi connectivity index (χ1) is 14.7. The summed E-state index contributed by atoms with van der Waals surface area (Å²) in [6.45, 7) is 4.35. The second-order valence-electron chi connectivity index (χ2n) is 7.94. The van der Waals surface area contributed by atoms with Crippen LogP contribution in [-0.2, 0) is 23.6 Å². The quantitative estimate of drug-likeness (QED) is 0.578. The maximum absolute atomic E-state index is 12.8. The topological polar surface area (TPSA) is 84.7 Å². The lowest BCUT2D eigenvalue weighted by molar-refractivity contribution is 0.123. The first-order valence-corrected chi connectivity index (χ1v) is 12.7. The highest BCUT2D eigenvalue weighted by Gasteiger charge is 2.29. The van der Waals surface area contributed by atoms with Gasteiger partial charge in [-0.05, 0) is 19.1 Å². The van der Waals surface area contributed by atoms with Crippen LogP contribution >= 0.6 is 11.3 Å². The normalized spacial score (nSPS) is 18.5. The van der Waals surface area contributed by atoms with Crippen LogP contribution in [0.15, 0.2) is 35.4 Å². The summed E-state index contributed by atoms with van der Waals surface area (Å²) in [7, 11) is 0.157. The van der Waals surface area contributed by atoms with Gasteiger partial charge in [-0.15, -0.1) is 11.3 Å². The minimum atomic E-state index is -3.18. The fourth-order valence-electron chi connectivity index (χ4n) is 3.94. The van der Waals surface area contributed by atoms with E-state index < -0.39 is 10.0 Å². The Balaban J connectivity index is 1.66. The number of pyridine rings is 2. The minimum absolute atomic E-state index is 0.0299. The number of nitrogens with zero attached hydrogens (tertiary/aromatic N) is 4. The van der Waals surface area contributed by atoms with Gasteiger partial charge in [0.25, 0.3) is 5.56 Å². The molecule has 0 aliphatic carbocycles. The standard InChI is InChI=1S/C21H26N4O4S2/c1-14-11-25(31(4,27)28)8-7-24(14)12-16-9-17-20(30-16)18(13-23(2)21(17)26)15-5-6-19(29-3)22-10-15/h5-6,9-10,13-14H,7-8,11-12H2,1-4H3/t14-/m1/s1. The Morgan fingerprint density at radius 2 is 2.06 bits per heavy atom. The summed E-state index contributed by atoms with van der Waals surface area (Å²) in [6.07, 6.45) is 4.86. The van der Waals surface area contributed by atoms with Crippen LogP contribution < -0.4 is 10.3 Å². The van der Waals surface area contributed by atoms with Gasteiger partial charge in [0.15, 0.2) is 0 Å². The average molecular weight is 463 g/mol. The second kappa shape index (κ2) is 8.34. The molecule has 0 radical (unpaired) electrons. The maximum Gasteiger partial charge on any atom is 0.259 e. The summed E-state index contributed by atoms with van der Waals surface area (Å²) in [6, 6.07) is 5.82. The zero-order valence-corrected chi connectivity index (χ0v) is 19.7. The molecule has 0 aromatic carbocycles. The number of rotatable bonds is 5. The molecule has 1 atom stereocenters. The van der Waals surface area contributed by atoms with Crippen LogP contribution in [0.5, 0.6) is 5.88 Å². The van der Waals surface area contributed by atoms with Crippen LogP contribution in [0.25, 0.3) is 21.2 Å². The predicted molar refractivity (Wildman–Crippen MR) is 123 cm³/mol. The summed E-state index contributed by atoms with van der Waals surface area (Å²) < 4.78 is 32.9. The number of aryl methyl sites for hydroxylation is 1. The molecule has 4 rings (SSSR count). The molecule has 3 aromatic rings. The van der Waals surface area contributed by atoms with Crippen molar-refractivity contribution in [2.75, 3.05) is 33.0 Å². The summed E-state index contributed by atoms with van der Waals surface area (Å²) in [5, 5.41) is 0.693. The lowest BCUT2D eigenvalue weighted by atomic mass is 10.1. The fraction of sp³-hybridized carbons (Fsp3) is 0.429. The van der Waals surface area contributed by atoms with Crippen molar-refractivity contribution in [3.8, 4) is 17.0 Å². The lowest BCUT2D eigenvalue weighted by Crippen LogP contribution is -2.52. The molecule has 0 spiro atoms. The molecule has 1 aliphatic heterocycles. The van der Waals surface area contributed by atoms with Gasteiger partial charge in [-0.25, -0.2) is 13.4 Å². The highest BCUT2D eigenvalue weighted by Crippen LogP contribution is 2.34. The number of hydrogen-bond acceptors (Lipinski definition) is 7. The van der Waals surface area contributed by atoms with E-state index in [-0.39, 0.29) is 11.6 Å². The first kappa shape index (κ1) is 21.9. The molecule has 3 aromatic heterocycles. The van der Waals surface area contributed by atoms with E-state index in [0.717, 1.165) is 20.7 Å². The van der Waals surface area contributed by atoms with E-state index in [1.807, 2.05) is 31.3 Å². The number of sulfonamides is 1. The van der Waals surface area contributed by atoms with Crippen LogP contribution in [-0.4, -0.2) is 66.2 Å². The molecule has 4 heterocycles. The monoisotopic (exact) mass is 462 g/mol. The lowest BCUT2D eigenvalue weighted by Gasteiger charge is -2.38. The molecule has 8 nitrogen and oxygen atoms in total. The van der Waals surface area contributed by atoms with Crippen molar-refractivity contribution in [2.24, 2.45) is 7.05 Å². The number of fused-ring (bicyclic) bond motifs is 1. The number of methoxy groups -OCH3 is 1. The molecule has 0 saturated carbocycles. The van der Waals surface area contributed by atoms with E-state index >= 15 is 0 Å². The Hall–Kier alpha value is -2.27. The molecule has 0 unspecified atom stereocenters. The van der Waals surface area contributed by atoms with Crippen molar-refractivity contribution in [1.82, 2.24) is 18.8 Å². The van der Waals surface area contributed by atoms with Crippen molar-refractivity contribution < 1.29 is 13.2 Å². The molecule has 166 valence electrons. The molecule has 0 bridgehead atoms. The largest absolute Gasteiger partial charge is 0.481 e. The fourth-order valence-corrected chi connectivity index (χ4v) is 6.05. The van der Waals surface area contributed by atoms with Gasteiger partial charge in [-0.1, -0.05) is 0 Å². The van der Waals surface area contributed by atoms with Gasteiger partial charge < -0.3 is 9.30 Å². The number of ether oxygens (including phenoxy) is 1. The molecule has 10 heteroatoms. The average Bonchev–Trinajstić information content (AvgIpc) is 3.15. The molecule has 1 fully saturated rings. The summed E-state index contributed by atoms with van der Waals surface area (Å²) in [5.74, 6) is 0.541. The highest BCUT2D eigenvalue weighted by molar-refractivity contribution is 7.88. The van der Waals surface area contributed by atoms with Crippen molar-refractivity contribution in [1.29, 1.82) is 0 Å². The van der Waals surface area contributed by atoms with Gasteiger partial charge in [-0.2, -0.15) is 4.31 Å². The van der Waals surface area contributed by atoms with Crippen molar-refractivity contribution in [2.45, 2.75) is 19.5 Å². The zero-order valence-electron chi connectivity index (χ0n) is 18.0. The minimum Gasteiger partial charge on any atom is -0.481 e. The Kier molecular flexibility index (Phi) is 5.91. The third-order valence-electron chi connectivity index (χ3n) is 5.71. The van der Waals surface area contributed by atoms with Crippen molar-refractivity contribution in [3.05, 3.63) is 45.8 Å². The Bertz CT molecular complexity index is 1270. The predicted octanol–water partition coefficient (Wildman–Crippen LogP) is 2.14. The Morgan fingerprint density at radius 1 is 1.29 bits per heavy atom. The van der Waals surface area contributed by atoms with Crippen molar-refractivity contribution >= 4 is 31.4 Å². The summed E-state index contributed by atoms with van der Waals surface area (Å²) in [4.78, 5) is 20.4. The van der Waals surface area contributed by atoms with Gasteiger partial charge in [-0.3, -0.25) is 9.69 Å². The molecular formula is C21H26N4O4S2. The van der Waals surface area contributed by atoms with Crippen molar-refractivity contribution in [3.63, 3.8) is 0 Å². The number of piperazine rings is 1. The Labute approximate surface area is 185 Å². The SMILES string of the molecule is COc1ccc(-c2cn(C)c(=O)c3cc(CN4CCN(S(C)(=O)=O)C[C@H]4C)sc23)cn1. The van der Waals surface area contributed by atoms with E-state index in [1.165, 1.54) is 10.6 Å². The molecule has 1 saturated heterocycles. The number of thiophene rings is 1. The van der Waals surface area contributed by atoms with E-state index in [4.69, 9.17) is 4.74 Å². The second-order valence-corrected chi connectivity index (χ2v) is 11.1. The molecule has 0 N–H and O–H groups in total. The van der Waals surface area contributed by atoms with Gasteiger partial charge in [0.2, 0.25) is 15.9 Å². The summed E-state index contributed by atoms with van der Waals surface area (Å²) >= 11 is 1.61. The highest BCUT2D eigenvalue weighted by atomic mass is 32.2. The van der Waals surface area contributed by atoms with Gasteiger partial charge in [0.05, 0.1) is 18.8 Å². The number of aromatic nitrogens is 2. The van der Waals surface area contributed by atoms with E-state index in [0.29, 0.717) is 37.4 Å². The summed E-state index contributed by atoms with van der Waals surface area (Å²) in [5.41, 5.74) is 1.85. The van der Waals surface area contributed by atoms with Crippen LogP contribution in [0.3, 0.4) is 0 Å². The van der Waals surface area contributed by atoms with Crippen LogP contribution in [0.4, 0.5) is 0 Å². The van der Waals surface area contributed by atoms with Crippen LogP contribution in [0.2, 0.25) is 0 Å². The van der Waals surface area contributed by atoms with Gasteiger partial charge in [0, 0.05) is 78.4 Å².